The maximum Gasteiger partial charge on any atom is 0.272 e. The van der Waals surface area contributed by atoms with Gasteiger partial charge in [-0.15, -0.1) is 0 Å². The fourth-order valence-corrected chi connectivity index (χ4v) is 5.30. The fraction of sp³-hybridized carbons (Fsp3) is 0.607. The minimum Gasteiger partial charge on any atom is -0.396 e. The van der Waals surface area contributed by atoms with E-state index < -0.39 is 0 Å². The molecule has 0 bridgehead atoms. The van der Waals surface area contributed by atoms with Gasteiger partial charge in [0, 0.05) is 57.5 Å². The number of imidazole rings is 1. The van der Waals surface area contributed by atoms with Crippen LogP contribution in [0.25, 0.3) is 11.4 Å². The molecule has 2 amide bonds. The molecule has 4 rings (SSSR count). The molecule has 0 unspecified atom stereocenters. The molecule has 3 heterocycles. The highest BCUT2D eigenvalue weighted by Crippen LogP contribution is 2.25. The Hall–Kier alpha value is -2.75. The molecular formula is C28H41N5O4. The lowest BCUT2D eigenvalue weighted by atomic mass is 9.92. The standard InChI is InChI=1S/C28H41N5O4/c1-21(2)20-33(24-16-23(17-29-18-24)27(35)31-11-14-37-15-12-31)28(36)25-19-30-26(22-8-4-3-5-9-22)32(25)10-6-7-13-34/h3-5,8-9,19,21,23-24,29,34H,6-7,10-18,20H2,1-2H3/t23-,24+/m1/s1. The monoisotopic (exact) mass is 511 g/mol. The topological polar surface area (TPSA) is 99.9 Å². The molecule has 37 heavy (non-hydrogen) atoms. The fourth-order valence-electron chi connectivity index (χ4n) is 5.30. The number of carbonyl (C=O) groups is 2. The molecular weight excluding hydrogens is 470 g/mol. The number of benzene rings is 1. The lowest BCUT2D eigenvalue weighted by molar-refractivity contribution is -0.140. The van der Waals surface area contributed by atoms with Gasteiger partial charge in [-0.2, -0.15) is 0 Å². The van der Waals surface area contributed by atoms with Crippen molar-refractivity contribution in [3.8, 4) is 11.4 Å². The Kier molecular flexibility index (Phi) is 9.71. The van der Waals surface area contributed by atoms with E-state index in [1.54, 1.807) is 6.20 Å². The molecule has 2 aromatic rings. The van der Waals surface area contributed by atoms with Crippen LogP contribution in [0.1, 0.15) is 43.6 Å². The molecule has 0 spiro atoms. The largest absolute Gasteiger partial charge is 0.396 e. The number of unbranched alkanes of at least 4 members (excludes halogenated alkanes) is 1. The Morgan fingerprint density at radius 3 is 2.62 bits per heavy atom. The summed E-state index contributed by atoms with van der Waals surface area (Å²) in [5, 5.41) is 12.8. The Morgan fingerprint density at radius 2 is 1.92 bits per heavy atom. The first kappa shape index (κ1) is 27.3. The van der Waals surface area contributed by atoms with E-state index in [1.165, 1.54) is 0 Å². The Balaban J connectivity index is 1.58. The van der Waals surface area contributed by atoms with Gasteiger partial charge in [0.15, 0.2) is 0 Å². The van der Waals surface area contributed by atoms with E-state index in [0.29, 0.717) is 71.0 Å². The summed E-state index contributed by atoms with van der Waals surface area (Å²) in [7, 11) is 0. The molecule has 0 saturated carbocycles. The summed E-state index contributed by atoms with van der Waals surface area (Å²) >= 11 is 0. The zero-order valence-electron chi connectivity index (χ0n) is 22.1. The number of nitrogens with one attached hydrogen (secondary N) is 1. The van der Waals surface area contributed by atoms with Gasteiger partial charge in [0.05, 0.1) is 25.3 Å². The summed E-state index contributed by atoms with van der Waals surface area (Å²) < 4.78 is 7.41. The molecule has 2 aliphatic heterocycles. The third-order valence-electron chi connectivity index (χ3n) is 7.16. The van der Waals surface area contributed by atoms with E-state index in [9.17, 15) is 14.7 Å². The van der Waals surface area contributed by atoms with Crippen molar-refractivity contribution in [2.45, 2.75) is 45.7 Å². The van der Waals surface area contributed by atoms with Gasteiger partial charge in [-0.1, -0.05) is 44.2 Å². The number of aliphatic hydroxyl groups excluding tert-OH is 1. The van der Waals surface area contributed by atoms with Crippen LogP contribution < -0.4 is 5.32 Å². The number of amides is 2. The van der Waals surface area contributed by atoms with Gasteiger partial charge in [0.1, 0.15) is 11.5 Å². The predicted octanol–water partition coefficient (Wildman–Crippen LogP) is 2.26. The molecule has 9 nitrogen and oxygen atoms in total. The number of nitrogens with zero attached hydrogens (tertiary/aromatic N) is 4. The molecule has 1 aromatic heterocycles. The second kappa shape index (κ2) is 13.2. The second-order valence-corrected chi connectivity index (χ2v) is 10.4. The zero-order chi connectivity index (χ0) is 26.2. The smallest absolute Gasteiger partial charge is 0.272 e. The van der Waals surface area contributed by atoms with Crippen molar-refractivity contribution in [2.75, 3.05) is 52.5 Å². The average Bonchev–Trinajstić information content (AvgIpc) is 3.36. The van der Waals surface area contributed by atoms with E-state index >= 15 is 0 Å². The number of aromatic nitrogens is 2. The van der Waals surface area contributed by atoms with E-state index in [0.717, 1.165) is 17.8 Å². The number of hydrogen-bond donors (Lipinski definition) is 2. The van der Waals surface area contributed by atoms with E-state index in [2.05, 4.69) is 24.1 Å². The molecule has 0 radical (unpaired) electrons. The lowest BCUT2D eigenvalue weighted by Crippen LogP contribution is -2.56. The van der Waals surface area contributed by atoms with Gasteiger partial charge in [-0.3, -0.25) is 9.59 Å². The SMILES string of the molecule is CC(C)CN(C(=O)c1cnc(-c2ccccc2)n1CCCCO)[C@@H]1CNC[C@H](C(=O)N2CCOCC2)C1. The summed E-state index contributed by atoms with van der Waals surface area (Å²) in [4.78, 5) is 35.9. The van der Waals surface area contributed by atoms with Crippen LogP contribution in [0.4, 0.5) is 0 Å². The van der Waals surface area contributed by atoms with Gasteiger partial charge in [0.25, 0.3) is 5.91 Å². The van der Waals surface area contributed by atoms with Gasteiger partial charge in [-0.05, 0) is 25.2 Å². The normalized spacial score (nSPS) is 20.3. The van der Waals surface area contributed by atoms with Crippen molar-refractivity contribution >= 4 is 11.8 Å². The van der Waals surface area contributed by atoms with Crippen LogP contribution in [-0.2, 0) is 16.1 Å². The molecule has 2 atom stereocenters. The second-order valence-electron chi connectivity index (χ2n) is 10.4. The predicted molar refractivity (Wildman–Crippen MR) is 142 cm³/mol. The van der Waals surface area contributed by atoms with Crippen LogP contribution in [0, 0.1) is 11.8 Å². The number of carbonyl (C=O) groups excluding carboxylic acids is 2. The van der Waals surface area contributed by atoms with Crippen molar-refractivity contribution in [1.82, 2.24) is 24.7 Å². The van der Waals surface area contributed by atoms with Gasteiger partial charge in [0.2, 0.25) is 5.91 Å². The quantitative estimate of drug-likeness (QED) is 0.475. The lowest BCUT2D eigenvalue weighted by Gasteiger charge is -2.40. The summed E-state index contributed by atoms with van der Waals surface area (Å²) in [6.45, 7) is 9.26. The first-order valence-electron chi connectivity index (χ1n) is 13.6. The summed E-state index contributed by atoms with van der Waals surface area (Å²) in [5.74, 6) is 0.970. The minimum absolute atomic E-state index is 0.0568. The highest BCUT2D eigenvalue weighted by Gasteiger charge is 2.36. The number of morpholine rings is 1. The van der Waals surface area contributed by atoms with Crippen molar-refractivity contribution in [3.05, 3.63) is 42.2 Å². The third kappa shape index (κ3) is 6.77. The molecule has 2 aliphatic rings. The molecule has 9 heteroatoms. The number of hydrogen-bond acceptors (Lipinski definition) is 6. The maximum absolute atomic E-state index is 14.1. The Morgan fingerprint density at radius 1 is 1.16 bits per heavy atom. The molecule has 2 fully saturated rings. The molecule has 2 saturated heterocycles. The molecule has 1 aromatic carbocycles. The van der Waals surface area contributed by atoms with Crippen LogP contribution in [0.5, 0.6) is 0 Å². The number of aliphatic hydroxyl groups is 1. The summed E-state index contributed by atoms with van der Waals surface area (Å²) in [6.07, 6.45) is 3.74. The van der Waals surface area contributed by atoms with Crippen molar-refractivity contribution in [2.24, 2.45) is 11.8 Å². The highest BCUT2D eigenvalue weighted by atomic mass is 16.5. The first-order chi connectivity index (χ1) is 18.0. The van der Waals surface area contributed by atoms with Crippen LogP contribution in [-0.4, -0.2) is 94.9 Å². The minimum atomic E-state index is -0.159. The number of piperidine rings is 1. The van der Waals surface area contributed by atoms with Crippen molar-refractivity contribution in [3.63, 3.8) is 0 Å². The van der Waals surface area contributed by atoms with Crippen LogP contribution >= 0.6 is 0 Å². The first-order valence-corrected chi connectivity index (χ1v) is 13.6. The van der Waals surface area contributed by atoms with Gasteiger partial charge >= 0.3 is 0 Å². The van der Waals surface area contributed by atoms with Crippen molar-refractivity contribution in [1.29, 1.82) is 0 Å². The maximum atomic E-state index is 14.1. The van der Waals surface area contributed by atoms with Gasteiger partial charge < -0.3 is 29.5 Å². The van der Waals surface area contributed by atoms with Gasteiger partial charge in [-0.25, -0.2) is 4.98 Å². The molecule has 0 aliphatic carbocycles. The molecule has 202 valence electrons. The Bertz CT molecular complexity index is 1020. The Labute approximate surface area is 219 Å². The van der Waals surface area contributed by atoms with Crippen LogP contribution in [0.2, 0.25) is 0 Å². The summed E-state index contributed by atoms with van der Waals surface area (Å²) in [6, 6.07) is 9.81. The van der Waals surface area contributed by atoms with E-state index in [4.69, 9.17) is 4.74 Å². The third-order valence-corrected chi connectivity index (χ3v) is 7.16. The average molecular weight is 512 g/mol. The van der Waals surface area contributed by atoms with Crippen LogP contribution in [0.15, 0.2) is 36.5 Å². The highest BCUT2D eigenvalue weighted by molar-refractivity contribution is 5.93. The summed E-state index contributed by atoms with van der Waals surface area (Å²) in [5.41, 5.74) is 1.51. The number of rotatable bonds is 10. The number of ether oxygens (including phenoxy) is 1. The van der Waals surface area contributed by atoms with Crippen LogP contribution in [0.3, 0.4) is 0 Å². The molecule has 2 N–H and O–H groups in total. The van der Waals surface area contributed by atoms with E-state index in [1.807, 2.05) is 44.7 Å². The van der Waals surface area contributed by atoms with Crippen molar-refractivity contribution < 1.29 is 19.4 Å². The zero-order valence-corrected chi connectivity index (χ0v) is 22.1. The van der Waals surface area contributed by atoms with E-state index in [-0.39, 0.29) is 36.3 Å².